The van der Waals surface area contributed by atoms with E-state index in [4.69, 9.17) is 10.5 Å². The number of nitrogens with zero attached hydrogens (tertiary/aromatic N) is 2. The van der Waals surface area contributed by atoms with Crippen LogP contribution in [0.5, 0.6) is 5.75 Å². The molecule has 0 bridgehead atoms. The van der Waals surface area contributed by atoms with E-state index in [1.807, 2.05) is 0 Å². The van der Waals surface area contributed by atoms with E-state index < -0.39 is 0 Å². The SMILES string of the molecule is COc1ccc(N)c(C(=O)Nc2cncnc2)c1. The Kier molecular flexibility index (Phi) is 3.38. The zero-order valence-electron chi connectivity index (χ0n) is 9.75. The lowest BCUT2D eigenvalue weighted by Crippen LogP contribution is -2.14. The van der Waals surface area contributed by atoms with Crippen molar-refractivity contribution in [3.05, 3.63) is 42.5 Å². The molecule has 0 saturated carbocycles. The number of methoxy groups -OCH3 is 1. The summed E-state index contributed by atoms with van der Waals surface area (Å²) in [4.78, 5) is 19.6. The Labute approximate surface area is 104 Å². The van der Waals surface area contributed by atoms with Gasteiger partial charge in [-0.25, -0.2) is 9.97 Å². The molecule has 2 rings (SSSR count). The van der Waals surface area contributed by atoms with Gasteiger partial charge in [-0.2, -0.15) is 0 Å². The molecule has 0 radical (unpaired) electrons. The van der Waals surface area contributed by atoms with Crippen LogP contribution in [0.4, 0.5) is 11.4 Å². The third-order valence-corrected chi connectivity index (χ3v) is 2.32. The van der Waals surface area contributed by atoms with Gasteiger partial charge in [-0.05, 0) is 18.2 Å². The van der Waals surface area contributed by atoms with E-state index in [9.17, 15) is 4.79 Å². The summed E-state index contributed by atoms with van der Waals surface area (Å²) in [5.41, 5.74) is 6.98. The molecule has 0 atom stereocenters. The van der Waals surface area contributed by atoms with Crippen LogP contribution >= 0.6 is 0 Å². The fourth-order valence-corrected chi connectivity index (χ4v) is 1.42. The highest BCUT2D eigenvalue weighted by Crippen LogP contribution is 2.20. The molecule has 2 aromatic rings. The van der Waals surface area contributed by atoms with Crippen molar-refractivity contribution in [2.75, 3.05) is 18.2 Å². The maximum Gasteiger partial charge on any atom is 0.257 e. The van der Waals surface area contributed by atoms with Gasteiger partial charge in [0.1, 0.15) is 12.1 Å². The third-order valence-electron chi connectivity index (χ3n) is 2.32. The highest BCUT2D eigenvalue weighted by Gasteiger charge is 2.11. The van der Waals surface area contributed by atoms with Crippen molar-refractivity contribution in [2.24, 2.45) is 0 Å². The average molecular weight is 244 g/mol. The smallest absolute Gasteiger partial charge is 0.257 e. The second-order valence-electron chi connectivity index (χ2n) is 3.53. The largest absolute Gasteiger partial charge is 0.497 e. The number of anilines is 2. The number of carbonyl (C=O) groups is 1. The molecule has 0 unspecified atom stereocenters. The number of hydrogen-bond acceptors (Lipinski definition) is 5. The van der Waals surface area contributed by atoms with Crippen molar-refractivity contribution in [1.29, 1.82) is 0 Å². The van der Waals surface area contributed by atoms with Crippen LogP contribution in [0.15, 0.2) is 36.9 Å². The summed E-state index contributed by atoms with van der Waals surface area (Å²) in [6.07, 6.45) is 4.39. The van der Waals surface area contributed by atoms with Crippen LogP contribution in [-0.2, 0) is 0 Å². The van der Waals surface area contributed by atoms with Crippen molar-refractivity contribution in [1.82, 2.24) is 9.97 Å². The van der Waals surface area contributed by atoms with Gasteiger partial charge in [0.25, 0.3) is 5.91 Å². The predicted molar refractivity (Wildman–Crippen MR) is 67.4 cm³/mol. The zero-order valence-corrected chi connectivity index (χ0v) is 9.75. The molecule has 0 aliphatic rings. The normalized spacial score (nSPS) is 9.83. The Hall–Kier alpha value is -2.63. The molecule has 0 aliphatic carbocycles. The molecular formula is C12H12N4O2. The summed E-state index contributed by atoms with van der Waals surface area (Å²) < 4.78 is 5.05. The van der Waals surface area contributed by atoms with Crippen molar-refractivity contribution < 1.29 is 9.53 Å². The van der Waals surface area contributed by atoms with Gasteiger partial charge in [0.15, 0.2) is 0 Å². The summed E-state index contributed by atoms with van der Waals surface area (Å²) >= 11 is 0. The Bertz CT molecular complexity index is 557. The molecule has 18 heavy (non-hydrogen) atoms. The van der Waals surface area contributed by atoms with E-state index in [-0.39, 0.29) is 5.91 Å². The molecule has 0 saturated heterocycles. The van der Waals surface area contributed by atoms with Crippen molar-refractivity contribution >= 4 is 17.3 Å². The first kappa shape index (κ1) is 11.8. The van der Waals surface area contributed by atoms with Gasteiger partial charge in [-0.3, -0.25) is 4.79 Å². The number of benzene rings is 1. The molecule has 1 aromatic heterocycles. The highest BCUT2D eigenvalue weighted by molar-refractivity contribution is 6.07. The zero-order chi connectivity index (χ0) is 13.0. The summed E-state index contributed by atoms with van der Waals surface area (Å²) in [7, 11) is 1.53. The van der Waals surface area contributed by atoms with Crippen LogP contribution in [0.3, 0.4) is 0 Å². The first-order chi connectivity index (χ1) is 8.70. The molecule has 1 aromatic carbocycles. The number of nitrogens with one attached hydrogen (secondary N) is 1. The van der Waals surface area contributed by atoms with Crippen LogP contribution in [0, 0.1) is 0 Å². The summed E-state index contributed by atoms with van der Waals surface area (Å²) in [6, 6.07) is 4.89. The highest BCUT2D eigenvalue weighted by atomic mass is 16.5. The molecule has 6 heteroatoms. The maximum atomic E-state index is 12.0. The number of ether oxygens (including phenoxy) is 1. The quantitative estimate of drug-likeness (QED) is 0.795. The first-order valence-electron chi connectivity index (χ1n) is 5.20. The van der Waals surface area contributed by atoms with Gasteiger partial charge < -0.3 is 15.8 Å². The predicted octanol–water partition coefficient (Wildman–Crippen LogP) is 1.32. The van der Waals surface area contributed by atoms with E-state index in [1.54, 1.807) is 18.2 Å². The van der Waals surface area contributed by atoms with E-state index in [0.717, 1.165) is 0 Å². The number of aromatic nitrogens is 2. The minimum atomic E-state index is -0.332. The van der Waals surface area contributed by atoms with Crippen LogP contribution in [-0.4, -0.2) is 23.0 Å². The molecule has 0 spiro atoms. The Balaban J connectivity index is 2.23. The van der Waals surface area contributed by atoms with Gasteiger partial charge in [0.2, 0.25) is 0 Å². The average Bonchev–Trinajstić information content (AvgIpc) is 2.40. The number of carbonyl (C=O) groups excluding carboxylic acids is 1. The maximum absolute atomic E-state index is 12.0. The fourth-order valence-electron chi connectivity index (χ4n) is 1.42. The van der Waals surface area contributed by atoms with Crippen LogP contribution < -0.4 is 15.8 Å². The molecule has 1 amide bonds. The van der Waals surface area contributed by atoms with E-state index in [2.05, 4.69) is 15.3 Å². The number of nitrogens with two attached hydrogens (primary N) is 1. The Morgan fingerprint density at radius 3 is 2.72 bits per heavy atom. The van der Waals surface area contributed by atoms with Gasteiger partial charge in [0.05, 0.1) is 30.8 Å². The topological polar surface area (TPSA) is 90.1 Å². The molecule has 0 aliphatic heterocycles. The van der Waals surface area contributed by atoms with Crippen LogP contribution in [0.25, 0.3) is 0 Å². The van der Waals surface area contributed by atoms with Crippen molar-refractivity contribution in [2.45, 2.75) is 0 Å². The molecule has 1 heterocycles. The number of amides is 1. The van der Waals surface area contributed by atoms with Gasteiger partial charge in [-0.1, -0.05) is 0 Å². The van der Waals surface area contributed by atoms with Crippen LogP contribution in [0.2, 0.25) is 0 Å². The fraction of sp³-hybridized carbons (Fsp3) is 0.0833. The number of hydrogen-bond donors (Lipinski definition) is 2. The Morgan fingerprint density at radius 2 is 2.06 bits per heavy atom. The summed E-state index contributed by atoms with van der Waals surface area (Å²) in [5.74, 6) is 0.236. The first-order valence-corrected chi connectivity index (χ1v) is 5.20. The van der Waals surface area contributed by atoms with Gasteiger partial charge >= 0.3 is 0 Å². The lowest BCUT2D eigenvalue weighted by molar-refractivity contribution is 0.102. The third kappa shape index (κ3) is 2.54. The Morgan fingerprint density at radius 1 is 1.33 bits per heavy atom. The molecule has 6 nitrogen and oxygen atoms in total. The van der Waals surface area contributed by atoms with Gasteiger partial charge in [-0.15, -0.1) is 0 Å². The number of nitrogen functional groups attached to an aromatic ring is 1. The summed E-state index contributed by atoms with van der Waals surface area (Å²) in [5, 5.41) is 2.65. The molecular weight excluding hydrogens is 232 g/mol. The second-order valence-corrected chi connectivity index (χ2v) is 3.53. The molecule has 0 fully saturated rings. The summed E-state index contributed by atoms with van der Waals surface area (Å²) in [6.45, 7) is 0. The minimum Gasteiger partial charge on any atom is -0.497 e. The molecule has 3 N–H and O–H groups in total. The van der Waals surface area contributed by atoms with Crippen LogP contribution in [0.1, 0.15) is 10.4 Å². The lowest BCUT2D eigenvalue weighted by Gasteiger charge is -2.08. The second kappa shape index (κ2) is 5.13. The van der Waals surface area contributed by atoms with E-state index in [0.29, 0.717) is 22.7 Å². The number of rotatable bonds is 3. The monoisotopic (exact) mass is 244 g/mol. The molecule has 92 valence electrons. The van der Waals surface area contributed by atoms with E-state index in [1.165, 1.54) is 25.8 Å². The van der Waals surface area contributed by atoms with Gasteiger partial charge in [0, 0.05) is 5.69 Å². The van der Waals surface area contributed by atoms with E-state index >= 15 is 0 Å². The van der Waals surface area contributed by atoms with Crippen molar-refractivity contribution in [3.8, 4) is 5.75 Å². The minimum absolute atomic E-state index is 0.332. The lowest BCUT2D eigenvalue weighted by atomic mass is 10.1. The standard InChI is InChI=1S/C12H12N4O2/c1-18-9-2-3-11(13)10(4-9)12(17)16-8-5-14-7-15-6-8/h2-7H,13H2,1H3,(H,16,17). The van der Waals surface area contributed by atoms with Crippen molar-refractivity contribution in [3.63, 3.8) is 0 Å².